The molecule has 0 radical (unpaired) electrons. The van der Waals surface area contributed by atoms with Crippen molar-refractivity contribution >= 4 is 28.9 Å². The molecule has 0 saturated heterocycles. The highest BCUT2D eigenvalue weighted by atomic mass is 35.5. The molecule has 0 fully saturated rings. The quantitative estimate of drug-likeness (QED) is 0.697. The Morgan fingerprint density at radius 2 is 1.60 bits per heavy atom. The molecule has 4 rings (SSSR count). The van der Waals surface area contributed by atoms with Gasteiger partial charge in [0, 0.05) is 16.4 Å². The Hall–Kier alpha value is -2.98. The van der Waals surface area contributed by atoms with E-state index in [0.717, 1.165) is 11.3 Å². The zero-order chi connectivity index (χ0) is 17.4. The molecule has 1 amide bonds. The SMILES string of the molecule is O=C1c2ccccc2NC(c2ccc(Cl)cc2)N1c1ccc(O)cc1. The molecule has 25 heavy (non-hydrogen) atoms. The molecule has 0 aromatic heterocycles. The Morgan fingerprint density at radius 3 is 2.32 bits per heavy atom. The Morgan fingerprint density at radius 1 is 0.920 bits per heavy atom. The molecule has 4 nitrogen and oxygen atoms in total. The Labute approximate surface area is 150 Å². The van der Waals surface area contributed by atoms with Crippen LogP contribution in [0.15, 0.2) is 72.8 Å². The molecule has 5 heteroatoms. The minimum absolute atomic E-state index is 0.0972. The Bertz CT molecular complexity index is 923. The molecule has 1 aliphatic heterocycles. The van der Waals surface area contributed by atoms with Gasteiger partial charge in [0.15, 0.2) is 0 Å². The van der Waals surface area contributed by atoms with Crippen LogP contribution < -0.4 is 10.2 Å². The lowest BCUT2D eigenvalue weighted by Crippen LogP contribution is -2.43. The summed E-state index contributed by atoms with van der Waals surface area (Å²) >= 11 is 6.00. The lowest BCUT2D eigenvalue weighted by Gasteiger charge is -2.38. The van der Waals surface area contributed by atoms with Crippen LogP contribution in [0.1, 0.15) is 22.1 Å². The molecule has 1 heterocycles. The van der Waals surface area contributed by atoms with E-state index in [1.165, 1.54) is 0 Å². The first kappa shape index (κ1) is 15.5. The van der Waals surface area contributed by atoms with E-state index >= 15 is 0 Å². The Balaban J connectivity index is 1.85. The Kier molecular flexibility index (Phi) is 3.82. The molecule has 0 saturated carbocycles. The fourth-order valence-electron chi connectivity index (χ4n) is 3.01. The second kappa shape index (κ2) is 6.15. The molecule has 1 atom stereocenters. The van der Waals surface area contributed by atoms with Crippen LogP contribution in [-0.4, -0.2) is 11.0 Å². The third kappa shape index (κ3) is 2.81. The number of rotatable bonds is 2. The maximum Gasteiger partial charge on any atom is 0.262 e. The van der Waals surface area contributed by atoms with Crippen molar-refractivity contribution in [3.05, 3.63) is 88.9 Å². The van der Waals surface area contributed by atoms with Gasteiger partial charge in [0.1, 0.15) is 11.9 Å². The lowest BCUT2D eigenvalue weighted by molar-refractivity contribution is 0.0975. The third-order valence-corrected chi connectivity index (χ3v) is 4.49. The maximum absolute atomic E-state index is 13.2. The summed E-state index contributed by atoms with van der Waals surface area (Å²) < 4.78 is 0. The number of nitrogens with zero attached hydrogens (tertiary/aromatic N) is 1. The number of phenolic OH excluding ortho intramolecular Hbond substituents is 1. The minimum atomic E-state index is -0.371. The van der Waals surface area contributed by atoms with Gasteiger partial charge in [-0.25, -0.2) is 0 Å². The number of halogens is 1. The van der Waals surface area contributed by atoms with Gasteiger partial charge >= 0.3 is 0 Å². The number of aromatic hydroxyl groups is 1. The largest absolute Gasteiger partial charge is 0.508 e. The number of carbonyl (C=O) groups is 1. The molecular weight excluding hydrogens is 336 g/mol. The van der Waals surface area contributed by atoms with Gasteiger partial charge in [-0.3, -0.25) is 9.69 Å². The van der Waals surface area contributed by atoms with Gasteiger partial charge in [-0.1, -0.05) is 35.9 Å². The molecular formula is C20H15ClN2O2. The van der Waals surface area contributed by atoms with Gasteiger partial charge in [0.2, 0.25) is 0 Å². The second-order valence-electron chi connectivity index (χ2n) is 5.84. The molecule has 0 spiro atoms. The van der Waals surface area contributed by atoms with Crippen molar-refractivity contribution in [3.8, 4) is 5.75 Å². The van der Waals surface area contributed by atoms with Crippen LogP contribution in [0, 0.1) is 0 Å². The minimum Gasteiger partial charge on any atom is -0.508 e. The van der Waals surface area contributed by atoms with Crippen LogP contribution in [0.5, 0.6) is 5.75 Å². The molecule has 124 valence electrons. The molecule has 0 aliphatic carbocycles. The highest BCUT2D eigenvalue weighted by molar-refractivity contribution is 6.30. The number of nitrogens with one attached hydrogen (secondary N) is 1. The van der Waals surface area contributed by atoms with Gasteiger partial charge in [-0.2, -0.15) is 0 Å². The van der Waals surface area contributed by atoms with Crippen molar-refractivity contribution < 1.29 is 9.90 Å². The summed E-state index contributed by atoms with van der Waals surface area (Å²) in [5.41, 5.74) is 3.02. The summed E-state index contributed by atoms with van der Waals surface area (Å²) in [5.74, 6) is 0.0598. The number of fused-ring (bicyclic) bond motifs is 1. The standard InChI is InChI=1S/C20H15ClN2O2/c21-14-7-5-13(6-8-14)19-22-18-4-2-1-3-17(18)20(25)23(19)15-9-11-16(24)12-10-15/h1-12,19,22,24H. The first-order valence-corrected chi connectivity index (χ1v) is 8.25. The predicted molar refractivity (Wildman–Crippen MR) is 99.2 cm³/mol. The highest BCUT2D eigenvalue weighted by Gasteiger charge is 2.33. The van der Waals surface area contributed by atoms with Gasteiger partial charge in [0.25, 0.3) is 5.91 Å². The number of para-hydroxylation sites is 1. The van der Waals surface area contributed by atoms with Gasteiger partial charge in [-0.15, -0.1) is 0 Å². The van der Waals surface area contributed by atoms with E-state index in [1.807, 2.05) is 30.3 Å². The summed E-state index contributed by atoms with van der Waals surface area (Å²) in [7, 11) is 0. The first-order chi connectivity index (χ1) is 12.1. The maximum atomic E-state index is 13.2. The van der Waals surface area contributed by atoms with Crippen LogP contribution >= 0.6 is 11.6 Å². The number of amides is 1. The summed E-state index contributed by atoms with van der Waals surface area (Å²) in [6.45, 7) is 0. The van der Waals surface area contributed by atoms with Crippen LogP contribution in [-0.2, 0) is 0 Å². The number of phenols is 1. The number of hydrogen-bond donors (Lipinski definition) is 2. The van der Waals surface area contributed by atoms with E-state index in [9.17, 15) is 9.90 Å². The van der Waals surface area contributed by atoms with Crippen molar-refractivity contribution in [3.63, 3.8) is 0 Å². The van der Waals surface area contributed by atoms with E-state index in [-0.39, 0.29) is 17.8 Å². The zero-order valence-corrected chi connectivity index (χ0v) is 13.9. The molecule has 1 unspecified atom stereocenters. The smallest absolute Gasteiger partial charge is 0.262 e. The monoisotopic (exact) mass is 350 g/mol. The van der Waals surface area contributed by atoms with Crippen molar-refractivity contribution in [1.29, 1.82) is 0 Å². The van der Waals surface area contributed by atoms with Crippen molar-refractivity contribution in [2.24, 2.45) is 0 Å². The van der Waals surface area contributed by atoms with Crippen LogP contribution in [0.3, 0.4) is 0 Å². The van der Waals surface area contributed by atoms with Crippen molar-refractivity contribution in [2.75, 3.05) is 10.2 Å². The molecule has 3 aromatic carbocycles. The lowest BCUT2D eigenvalue weighted by atomic mass is 10.0. The highest BCUT2D eigenvalue weighted by Crippen LogP contribution is 2.37. The number of hydrogen-bond acceptors (Lipinski definition) is 3. The van der Waals surface area contributed by atoms with Crippen molar-refractivity contribution in [2.45, 2.75) is 6.17 Å². The summed E-state index contributed by atoms with van der Waals surface area (Å²) in [5, 5.41) is 13.6. The molecule has 0 bridgehead atoms. The van der Waals surface area contributed by atoms with Crippen LogP contribution in [0.4, 0.5) is 11.4 Å². The van der Waals surface area contributed by atoms with Crippen molar-refractivity contribution in [1.82, 2.24) is 0 Å². The van der Waals surface area contributed by atoms with Gasteiger partial charge < -0.3 is 10.4 Å². The van der Waals surface area contributed by atoms with Crippen LogP contribution in [0.2, 0.25) is 5.02 Å². The first-order valence-electron chi connectivity index (χ1n) is 7.87. The average molecular weight is 351 g/mol. The third-order valence-electron chi connectivity index (χ3n) is 4.24. The molecule has 1 aliphatic rings. The van der Waals surface area contributed by atoms with E-state index in [2.05, 4.69) is 5.32 Å². The van der Waals surface area contributed by atoms with E-state index < -0.39 is 0 Å². The van der Waals surface area contributed by atoms with E-state index in [4.69, 9.17) is 11.6 Å². The topological polar surface area (TPSA) is 52.6 Å². The zero-order valence-electron chi connectivity index (χ0n) is 13.2. The van der Waals surface area contributed by atoms with E-state index in [1.54, 1.807) is 47.4 Å². The van der Waals surface area contributed by atoms with E-state index in [0.29, 0.717) is 16.3 Å². The normalized spacial score (nSPS) is 16.3. The molecule has 2 N–H and O–H groups in total. The summed E-state index contributed by atoms with van der Waals surface area (Å²) in [6.07, 6.45) is -0.371. The average Bonchev–Trinajstić information content (AvgIpc) is 2.63. The number of anilines is 2. The molecule has 3 aromatic rings. The van der Waals surface area contributed by atoms with Gasteiger partial charge in [0.05, 0.1) is 5.56 Å². The predicted octanol–water partition coefficient (Wildman–Crippen LogP) is 4.82. The summed E-state index contributed by atoms with van der Waals surface area (Å²) in [6, 6.07) is 21.4. The fourth-order valence-corrected chi connectivity index (χ4v) is 3.14. The second-order valence-corrected chi connectivity index (χ2v) is 6.27. The fraction of sp³-hybridized carbons (Fsp3) is 0.0500. The van der Waals surface area contributed by atoms with Gasteiger partial charge in [-0.05, 0) is 54.1 Å². The number of benzene rings is 3. The van der Waals surface area contributed by atoms with Crippen LogP contribution in [0.25, 0.3) is 0 Å². The summed E-state index contributed by atoms with van der Waals surface area (Å²) in [4.78, 5) is 14.8. The number of carbonyl (C=O) groups excluding carboxylic acids is 1.